The van der Waals surface area contributed by atoms with Gasteiger partial charge in [-0.05, 0) is 56.1 Å². The normalized spacial score (nSPS) is 12.9. The maximum atomic E-state index is 4.45. The lowest BCUT2D eigenvalue weighted by Crippen LogP contribution is -2.23. The number of hydrogen-bond acceptors (Lipinski definition) is 3. The van der Waals surface area contributed by atoms with Gasteiger partial charge >= 0.3 is 0 Å². The summed E-state index contributed by atoms with van der Waals surface area (Å²) in [6.45, 7) is 3.07. The van der Waals surface area contributed by atoms with Crippen molar-refractivity contribution in [3.8, 4) is 0 Å². The first-order valence-electron chi connectivity index (χ1n) is 5.76. The summed E-state index contributed by atoms with van der Waals surface area (Å²) in [5, 5.41) is 7.97. The Morgan fingerprint density at radius 1 is 1.50 bits per heavy atom. The predicted molar refractivity (Wildman–Crippen MR) is 83.0 cm³/mol. The van der Waals surface area contributed by atoms with Crippen LogP contribution in [0.3, 0.4) is 0 Å². The quantitative estimate of drug-likeness (QED) is 0.836. The van der Waals surface area contributed by atoms with Crippen molar-refractivity contribution in [3.05, 3.63) is 37.2 Å². The molecule has 1 unspecified atom stereocenters. The maximum absolute atomic E-state index is 4.45. The van der Waals surface area contributed by atoms with Crippen LogP contribution in [0, 0.1) is 0 Å². The molecule has 0 aliphatic heterocycles. The van der Waals surface area contributed by atoms with Crippen molar-refractivity contribution in [1.29, 1.82) is 0 Å². The molecule has 1 atom stereocenters. The number of thiophene rings is 1. The minimum absolute atomic E-state index is 0.293. The van der Waals surface area contributed by atoms with E-state index in [1.165, 1.54) is 9.35 Å². The van der Waals surface area contributed by atoms with Crippen molar-refractivity contribution >= 4 is 43.2 Å². The van der Waals surface area contributed by atoms with Crippen LogP contribution >= 0.6 is 43.2 Å². The van der Waals surface area contributed by atoms with Crippen LogP contribution in [-0.4, -0.2) is 16.3 Å². The molecule has 0 radical (unpaired) electrons. The standard InChI is InChI=1S/C12H15Br2N3S/c1-3-15-10(6-8-4-5-17(2)16-8)9-7-11(13)18-12(9)14/h4-5,7,10,15H,3,6H2,1-2H3. The molecule has 18 heavy (non-hydrogen) atoms. The van der Waals surface area contributed by atoms with Gasteiger partial charge in [-0.2, -0.15) is 5.10 Å². The summed E-state index contributed by atoms with van der Waals surface area (Å²) in [6, 6.07) is 4.53. The van der Waals surface area contributed by atoms with Crippen LogP contribution in [0.2, 0.25) is 0 Å². The molecule has 2 aromatic rings. The molecule has 0 spiro atoms. The second kappa shape index (κ2) is 6.32. The Morgan fingerprint density at radius 3 is 2.78 bits per heavy atom. The Bertz CT molecular complexity index is 521. The van der Waals surface area contributed by atoms with E-state index in [0.717, 1.165) is 22.4 Å². The monoisotopic (exact) mass is 391 g/mol. The Labute approximate surface area is 128 Å². The van der Waals surface area contributed by atoms with Crippen LogP contribution in [0.15, 0.2) is 25.9 Å². The molecule has 0 saturated heterocycles. The van der Waals surface area contributed by atoms with E-state index in [1.54, 1.807) is 11.3 Å². The number of halogens is 2. The van der Waals surface area contributed by atoms with E-state index in [1.807, 2.05) is 17.9 Å². The van der Waals surface area contributed by atoms with Gasteiger partial charge in [0.1, 0.15) is 0 Å². The van der Waals surface area contributed by atoms with Crippen LogP contribution in [0.1, 0.15) is 24.2 Å². The number of likely N-dealkylation sites (N-methyl/N-ethyl adjacent to an activating group) is 1. The first-order chi connectivity index (χ1) is 8.60. The second-order valence-electron chi connectivity index (χ2n) is 4.07. The minimum Gasteiger partial charge on any atom is -0.310 e. The molecule has 0 saturated carbocycles. The summed E-state index contributed by atoms with van der Waals surface area (Å²) >= 11 is 8.87. The molecule has 0 amide bonds. The Hall–Kier alpha value is -0.170. The fourth-order valence-corrected chi connectivity index (χ4v) is 4.88. The van der Waals surface area contributed by atoms with Crippen LogP contribution in [0.5, 0.6) is 0 Å². The van der Waals surface area contributed by atoms with Gasteiger partial charge in [0.2, 0.25) is 0 Å². The number of nitrogens with one attached hydrogen (secondary N) is 1. The van der Waals surface area contributed by atoms with Gasteiger partial charge in [0, 0.05) is 25.7 Å². The molecule has 0 aromatic carbocycles. The van der Waals surface area contributed by atoms with Gasteiger partial charge in [0.05, 0.1) is 13.3 Å². The highest BCUT2D eigenvalue weighted by molar-refractivity contribution is 9.12. The highest BCUT2D eigenvalue weighted by Gasteiger charge is 2.17. The van der Waals surface area contributed by atoms with Crippen molar-refractivity contribution in [2.45, 2.75) is 19.4 Å². The molecule has 6 heteroatoms. The molecular weight excluding hydrogens is 378 g/mol. The van der Waals surface area contributed by atoms with E-state index in [9.17, 15) is 0 Å². The zero-order chi connectivity index (χ0) is 13.1. The highest BCUT2D eigenvalue weighted by Crippen LogP contribution is 2.36. The summed E-state index contributed by atoms with van der Waals surface area (Å²) in [4.78, 5) is 0. The predicted octanol–water partition coefficient (Wildman–Crippen LogP) is 3.90. The van der Waals surface area contributed by atoms with Gasteiger partial charge in [-0.1, -0.05) is 6.92 Å². The lowest BCUT2D eigenvalue weighted by Gasteiger charge is -2.16. The van der Waals surface area contributed by atoms with Crippen LogP contribution < -0.4 is 5.32 Å². The Balaban J connectivity index is 2.20. The van der Waals surface area contributed by atoms with E-state index < -0.39 is 0 Å². The third-order valence-electron chi connectivity index (χ3n) is 2.69. The number of nitrogens with zero attached hydrogens (tertiary/aromatic N) is 2. The van der Waals surface area contributed by atoms with E-state index in [4.69, 9.17) is 0 Å². The van der Waals surface area contributed by atoms with E-state index in [-0.39, 0.29) is 0 Å². The summed E-state index contributed by atoms with van der Waals surface area (Å²) in [6.07, 6.45) is 2.88. The van der Waals surface area contributed by atoms with Gasteiger partial charge in [-0.3, -0.25) is 4.68 Å². The molecule has 98 valence electrons. The molecule has 2 heterocycles. The number of aromatic nitrogens is 2. The Kier molecular flexibility index (Phi) is 5.00. The largest absolute Gasteiger partial charge is 0.310 e. The third kappa shape index (κ3) is 3.44. The lowest BCUT2D eigenvalue weighted by molar-refractivity contribution is 0.539. The molecule has 2 aromatic heterocycles. The van der Waals surface area contributed by atoms with Gasteiger partial charge < -0.3 is 5.32 Å². The smallest absolute Gasteiger partial charge is 0.0758 e. The molecule has 1 N–H and O–H groups in total. The van der Waals surface area contributed by atoms with Crippen molar-refractivity contribution in [2.75, 3.05) is 6.54 Å². The van der Waals surface area contributed by atoms with Crippen LogP contribution in [0.25, 0.3) is 0 Å². The lowest BCUT2D eigenvalue weighted by atomic mass is 10.1. The molecule has 0 bridgehead atoms. The van der Waals surface area contributed by atoms with Crippen LogP contribution in [0.4, 0.5) is 0 Å². The SMILES string of the molecule is CCNC(Cc1ccn(C)n1)c1cc(Br)sc1Br. The minimum atomic E-state index is 0.293. The van der Waals surface area contributed by atoms with Gasteiger partial charge in [-0.25, -0.2) is 0 Å². The molecule has 0 aliphatic rings. The summed E-state index contributed by atoms with van der Waals surface area (Å²) in [7, 11) is 1.95. The van der Waals surface area contributed by atoms with Gasteiger partial charge in [-0.15, -0.1) is 11.3 Å². The molecule has 2 rings (SSSR count). The number of aryl methyl sites for hydroxylation is 1. The average molecular weight is 393 g/mol. The molecule has 3 nitrogen and oxygen atoms in total. The number of rotatable bonds is 5. The number of hydrogen-bond donors (Lipinski definition) is 1. The first-order valence-corrected chi connectivity index (χ1v) is 8.17. The maximum Gasteiger partial charge on any atom is 0.0758 e. The van der Waals surface area contributed by atoms with Gasteiger partial charge in [0.15, 0.2) is 0 Å². The molecule has 0 fully saturated rings. The summed E-state index contributed by atoms with van der Waals surface area (Å²) < 4.78 is 4.17. The van der Waals surface area contributed by atoms with Crippen LogP contribution in [-0.2, 0) is 13.5 Å². The van der Waals surface area contributed by atoms with Crippen molar-refractivity contribution < 1.29 is 0 Å². The Morgan fingerprint density at radius 2 is 2.28 bits per heavy atom. The summed E-state index contributed by atoms with van der Waals surface area (Å²) in [5.74, 6) is 0. The van der Waals surface area contributed by atoms with E-state index in [0.29, 0.717) is 6.04 Å². The van der Waals surface area contributed by atoms with E-state index >= 15 is 0 Å². The second-order valence-corrected chi connectivity index (χ2v) is 7.82. The van der Waals surface area contributed by atoms with E-state index in [2.05, 4.69) is 61.3 Å². The average Bonchev–Trinajstić information content (AvgIpc) is 2.84. The topological polar surface area (TPSA) is 29.9 Å². The van der Waals surface area contributed by atoms with Crippen molar-refractivity contribution in [1.82, 2.24) is 15.1 Å². The zero-order valence-electron chi connectivity index (χ0n) is 10.3. The highest BCUT2D eigenvalue weighted by atomic mass is 79.9. The zero-order valence-corrected chi connectivity index (χ0v) is 14.3. The molecular formula is C12H15Br2N3S. The fraction of sp³-hybridized carbons (Fsp3) is 0.417. The fourth-order valence-electron chi connectivity index (χ4n) is 1.91. The third-order valence-corrected chi connectivity index (χ3v) is 5.08. The van der Waals surface area contributed by atoms with Crippen molar-refractivity contribution in [3.63, 3.8) is 0 Å². The first kappa shape index (κ1) is 14.2. The van der Waals surface area contributed by atoms with Crippen molar-refractivity contribution in [2.24, 2.45) is 7.05 Å². The summed E-state index contributed by atoms with van der Waals surface area (Å²) in [5.41, 5.74) is 2.40. The van der Waals surface area contributed by atoms with Gasteiger partial charge in [0.25, 0.3) is 0 Å². The molecule has 0 aliphatic carbocycles.